The Labute approximate surface area is 128 Å². The number of nitro benzene ring substituents is 1. The van der Waals surface area contributed by atoms with Gasteiger partial charge in [-0.2, -0.15) is 4.31 Å². The molecule has 2 rings (SSSR count). The minimum absolute atomic E-state index is 0.0634. The Morgan fingerprint density at radius 3 is 2.52 bits per heavy atom. The van der Waals surface area contributed by atoms with Crippen LogP contribution in [0.1, 0.15) is 6.92 Å². The van der Waals surface area contributed by atoms with E-state index in [4.69, 9.17) is 11.6 Å². The molecule has 0 N–H and O–H groups in total. The number of hydrogen-bond acceptors (Lipinski definition) is 5. The standard InChI is InChI=1S/C12H16ClN3O4S/c1-9-8-14(5-6-15(9)21(2,19)20)12-4-3-10(16(17)18)7-11(12)13/h3-4,7,9H,5-6,8H2,1-2H3/t9-/m1/s1. The highest BCUT2D eigenvalue weighted by molar-refractivity contribution is 7.88. The first-order chi connectivity index (χ1) is 9.70. The summed E-state index contributed by atoms with van der Waals surface area (Å²) in [7, 11) is -3.22. The molecular weight excluding hydrogens is 318 g/mol. The lowest BCUT2D eigenvalue weighted by Crippen LogP contribution is -2.53. The predicted molar refractivity (Wildman–Crippen MR) is 81.3 cm³/mol. The Balaban J connectivity index is 2.20. The molecule has 0 spiro atoms. The first-order valence-corrected chi connectivity index (χ1v) is 8.58. The molecule has 0 saturated carbocycles. The van der Waals surface area contributed by atoms with Crippen LogP contribution in [0, 0.1) is 10.1 Å². The van der Waals surface area contributed by atoms with Gasteiger partial charge in [0.2, 0.25) is 10.0 Å². The van der Waals surface area contributed by atoms with E-state index < -0.39 is 14.9 Å². The molecular formula is C12H16ClN3O4S. The highest BCUT2D eigenvalue weighted by Gasteiger charge is 2.30. The van der Waals surface area contributed by atoms with Crippen molar-refractivity contribution in [3.63, 3.8) is 0 Å². The summed E-state index contributed by atoms with van der Waals surface area (Å²) in [5.41, 5.74) is 0.619. The number of halogens is 1. The fourth-order valence-corrected chi connectivity index (χ4v) is 3.95. The smallest absolute Gasteiger partial charge is 0.271 e. The van der Waals surface area contributed by atoms with Crippen molar-refractivity contribution >= 4 is 33.0 Å². The van der Waals surface area contributed by atoms with Crippen LogP contribution in [0.5, 0.6) is 0 Å². The van der Waals surface area contributed by atoms with E-state index in [-0.39, 0.29) is 11.7 Å². The second-order valence-electron chi connectivity index (χ2n) is 5.06. The largest absolute Gasteiger partial charge is 0.367 e. The van der Waals surface area contributed by atoms with Gasteiger partial charge in [0, 0.05) is 37.8 Å². The monoisotopic (exact) mass is 333 g/mol. The number of hydrogen-bond donors (Lipinski definition) is 0. The molecule has 0 radical (unpaired) electrons. The Hall–Kier alpha value is -1.38. The quantitative estimate of drug-likeness (QED) is 0.621. The molecule has 1 aromatic carbocycles. The molecule has 0 aromatic heterocycles. The lowest BCUT2D eigenvalue weighted by atomic mass is 10.2. The van der Waals surface area contributed by atoms with E-state index in [0.29, 0.717) is 30.3 Å². The fraction of sp³-hybridized carbons (Fsp3) is 0.500. The summed E-state index contributed by atoms with van der Waals surface area (Å²) in [5, 5.41) is 11.0. The van der Waals surface area contributed by atoms with E-state index in [0.717, 1.165) is 0 Å². The van der Waals surface area contributed by atoms with E-state index in [2.05, 4.69) is 0 Å². The van der Waals surface area contributed by atoms with Crippen LogP contribution in [0.2, 0.25) is 5.02 Å². The lowest BCUT2D eigenvalue weighted by molar-refractivity contribution is -0.384. The normalized spacial score (nSPS) is 20.5. The van der Waals surface area contributed by atoms with Gasteiger partial charge >= 0.3 is 0 Å². The van der Waals surface area contributed by atoms with Gasteiger partial charge < -0.3 is 4.90 Å². The van der Waals surface area contributed by atoms with E-state index in [9.17, 15) is 18.5 Å². The maximum atomic E-state index is 11.6. The molecule has 116 valence electrons. The number of nitrogens with zero attached hydrogens (tertiary/aromatic N) is 3. The molecule has 1 fully saturated rings. The zero-order chi connectivity index (χ0) is 15.8. The zero-order valence-corrected chi connectivity index (χ0v) is 13.3. The Bertz CT molecular complexity index is 664. The molecule has 9 heteroatoms. The SMILES string of the molecule is C[C@@H]1CN(c2ccc([N+](=O)[O-])cc2Cl)CCN1S(C)(=O)=O. The van der Waals surface area contributed by atoms with Crippen molar-refractivity contribution in [1.82, 2.24) is 4.31 Å². The third kappa shape index (κ3) is 3.45. The Morgan fingerprint density at radius 1 is 1.38 bits per heavy atom. The molecule has 1 aromatic rings. The van der Waals surface area contributed by atoms with Crippen molar-refractivity contribution in [3.8, 4) is 0 Å². The van der Waals surface area contributed by atoms with Crippen LogP contribution in [0.15, 0.2) is 18.2 Å². The number of non-ortho nitro benzene ring substituents is 1. The van der Waals surface area contributed by atoms with Crippen LogP contribution >= 0.6 is 11.6 Å². The lowest BCUT2D eigenvalue weighted by Gasteiger charge is -2.39. The van der Waals surface area contributed by atoms with Crippen molar-refractivity contribution < 1.29 is 13.3 Å². The number of benzene rings is 1. The highest BCUT2D eigenvalue weighted by Crippen LogP contribution is 2.31. The van der Waals surface area contributed by atoms with Crippen LogP contribution in [-0.4, -0.2) is 49.6 Å². The number of anilines is 1. The van der Waals surface area contributed by atoms with Gasteiger partial charge in [0.05, 0.1) is 21.9 Å². The van der Waals surface area contributed by atoms with Crippen molar-refractivity contribution in [1.29, 1.82) is 0 Å². The number of sulfonamides is 1. The minimum atomic E-state index is -3.22. The molecule has 0 bridgehead atoms. The van der Waals surface area contributed by atoms with Gasteiger partial charge in [-0.25, -0.2) is 8.42 Å². The molecule has 1 atom stereocenters. The summed E-state index contributed by atoms with van der Waals surface area (Å²) in [4.78, 5) is 12.1. The third-order valence-corrected chi connectivity index (χ3v) is 5.17. The van der Waals surface area contributed by atoms with Crippen LogP contribution in [0.3, 0.4) is 0 Å². The van der Waals surface area contributed by atoms with Gasteiger partial charge in [-0.1, -0.05) is 11.6 Å². The van der Waals surface area contributed by atoms with Crippen molar-refractivity contribution in [3.05, 3.63) is 33.3 Å². The van der Waals surface area contributed by atoms with Crippen molar-refractivity contribution in [2.24, 2.45) is 0 Å². The molecule has 0 aliphatic carbocycles. The summed E-state index contributed by atoms with van der Waals surface area (Å²) in [6, 6.07) is 4.13. The third-order valence-electron chi connectivity index (χ3n) is 3.48. The van der Waals surface area contributed by atoms with Crippen LogP contribution < -0.4 is 4.90 Å². The van der Waals surface area contributed by atoms with Crippen molar-refractivity contribution in [2.45, 2.75) is 13.0 Å². The minimum Gasteiger partial charge on any atom is -0.367 e. The highest BCUT2D eigenvalue weighted by atomic mass is 35.5. The summed E-state index contributed by atoms with van der Waals surface area (Å²) in [6.45, 7) is 3.18. The van der Waals surface area contributed by atoms with E-state index in [1.807, 2.05) is 11.8 Å². The molecule has 1 heterocycles. The van der Waals surface area contributed by atoms with Gasteiger partial charge in [-0.3, -0.25) is 10.1 Å². The molecule has 0 unspecified atom stereocenters. The first-order valence-electron chi connectivity index (χ1n) is 6.36. The summed E-state index contributed by atoms with van der Waals surface area (Å²) < 4.78 is 24.7. The van der Waals surface area contributed by atoms with E-state index >= 15 is 0 Å². The van der Waals surface area contributed by atoms with Gasteiger partial charge in [-0.05, 0) is 13.0 Å². The summed E-state index contributed by atoms with van der Waals surface area (Å²) in [6.07, 6.45) is 1.19. The van der Waals surface area contributed by atoms with Gasteiger partial charge in [0.25, 0.3) is 5.69 Å². The van der Waals surface area contributed by atoms with E-state index in [1.54, 1.807) is 6.07 Å². The van der Waals surface area contributed by atoms with Crippen LogP contribution in [-0.2, 0) is 10.0 Å². The topological polar surface area (TPSA) is 83.8 Å². The molecule has 21 heavy (non-hydrogen) atoms. The number of nitro groups is 1. The average Bonchev–Trinajstić information content (AvgIpc) is 2.36. The Kier molecular flexibility index (Phi) is 4.40. The fourth-order valence-electron chi connectivity index (χ4n) is 2.52. The number of piperazine rings is 1. The Morgan fingerprint density at radius 2 is 2.05 bits per heavy atom. The van der Waals surface area contributed by atoms with Gasteiger partial charge in [-0.15, -0.1) is 0 Å². The number of rotatable bonds is 3. The van der Waals surface area contributed by atoms with Crippen LogP contribution in [0.25, 0.3) is 0 Å². The van der Waals surface area contributed by atoms with Crippen LogP contribution in [0.4, 0.5) is 11.4 Å². The second-order valence-corrected chi connectivity index (χ2v) is 7.40. The maximum absolute atomic E-state index is 11.6. The van der Waals surface area contributed by atoms with E-state index in [1.165, 1.54) is 22.7 Å². The summed E-state index contributed by atoms with van der Waals surface area (Å²) in [5.74, 6) is 0. The van der Waals surface area contributed by atoms with Gasteiger partial charge in [0.1, 0.15) is 0 Å². The second kappa shape index (κ2) is 5.78. The van der Waals surface area contributed by atoms with Crippen molar-refractivity contribution in [2.75, 3.05) is 30.8 Å². The summed E-state index contributed by atoms with van der Waals surface area (Å²) >= 11 is 6.10. The maximum Gasteiger partial charge on any atom is 0.271 e. The molecule has 1 aliphatic heterocycles. The molecule has 0 amide bonds. The average molecular weight is 334 g/mol. The zero-order valence-electron chi connectivity index (χ0n) is 11.7. The molecule has 1 aliphatic rings. The molecule has 1 saturated heterocycles. The van der Waals surface area contributed by atoms with Gasteiger partial charge in [0.15, 0.2) is 0 Å². The first kappa shape index (κ1) is 16.0. The predicted octanol–water partition coefficient (Wildman–Crippen LogP) is 1.72. The molecule has 7 nitrogen and oxygen atoms in total.